The molecule has 1 aromatic rings. The molecule has 2 N–H and O–H groups in total. The van der Waals surface area contributed by atoms with Gasteiger partial charge in [0.2, 0.25) is 5.91 Å². The average Bonchev–Trinajstić information content (AvgIpc) is 2.64. The molecule has 0 aliphatic carbocycles. The third-order valence-electron chi connectivity index (χ3n) is 5.68. The summed E-state index contributed by atoms with van der Waals surface area (Å²) in [6.45, 7) is 2.78. The van der Waals surface area contributed by atoms with Crippen molar-refractivity contribution < 1.29 is 19.8 Å². The zero-order valence-electron chi connectivity index (χ0n) is 15.5. The van der Waals surface area contributed by atoms with E-state index in [1.165, 1.54) is 4.90 Å². The van der Waals surface area contributed by atoms with Crippen molar-refractivity contribution in [1.82, 2.24) is 14.7 Å². The smallest absolute Gasteiger partial charge is 0.407 e. The Morgan fingerprint density at radius 2 is 1.67 bits per heavy atom. The monoisotopic (exact) mass is 439 g/mol. The second-order valence-electron chi connectivity index (χ2n) is 7.49. The minimum absolute atomic E-state index is 0.120. The molecule has 2 aliphatic heterocycles. The van der Waals surface area contributed by atoms with Crippen molar-refractivity contribution >= 4 is 27.9 Å². The van der Waals surface area contributed by atoms with Gasteiger partial charge in [0.1, 0.15) is 0 Å². The standard InChI is InChI=1S/C19H26BrN3O4/c1-21-7-5-19(27,6-8-21)16(14-3-2-4-15(20)13-14)17(24)22-9-11-23(12-10-22)18(25)26/h2-4,13,16,27H,5-12H2,1H3,(H,25,26). The number of hydrogen-bond acceptors (Lipinski definition) is 4. The van der Waals surface area contributed by atoms with Crippen molar-refractivity contribution in [2.75, 3.05) is 46.3 Å². The maximum Gasteiger partial charge on any atom is 0.407 e. The van der Waals surface area contributed by atoms with Gasteiger partial charge in [-0.15, -0.1) is 0 Å². The molecule has 2 saturated heterocycles. The first-order valence-electron chi connectivity index (χ1n) is 9.23. The number of amides is 2. The van der Waals surface area contributed by atoms with Gasteiger partial charge in [-0.1, -0.05) is 28.1 Å². The lowest BCUT2D eigenvalue weighted by atomic mass is 9.75. The van der Waals surface area contributed by atoms with E-state index in [4.69, 9.17) is 5.11 Å². The minimum Gasteiger partial charge on any atom is -0.465 e. The molecule has 2 amide bonds. The first-order valence-corrected chi connectivity index (χ1v) is 10.0. The van der Waals surface area contributed by atoms with Gasteiger partial charge in [0.25, 0.3) is 0 Å². The van der Waals surface area contributed by atoms with Crippen LogP contribution in [-0.4, -0.2) is 88.8 Å². The fraction of sp³-hybridized carbons (Fsp3) is 0.579. The fourth-order valence-electron chi connectivity index (χ4n) is 3.96. The number of piperazine rings is 1. The van der Waals surface area contributed by atoms with Crippen LogP contribution in [0.1, 0.15) is 24.3 Å². The maximum absolute atomic E-state index is 13.4. The van der Waals surface area contributed by atoms with E-state index < -0.39 is 17.6 Å². The highest BCUT2D eigenvalue weighted by molar-refractivity contribution is 9.10. The quantitative estimate of drug-likeness (QED) is 0.749. The Morgan fingerprint density at radius 1 is 1.07 bits per heavy atom. The van der Waals surface area contributed by atoms with Crippen molar-refractivity contribution in [2.24, 2.45) is 0 Å². The normalized spacial score (nSPS) is 21.7. The molecular weight excluding hydrogens is 414 g/mol. The Bertz CT molecular complexity index is 698. The highest BCUT2D eigenvalue weighted by Crippen LogP contribution is 2.39. The summed E-state index contributed by atoms with van der Waals surface area (Å²) in [7, 11) is 2.01. The van der Waals surface area contributed by atoms with Crippen LogP contribution in [0.2, 0.25) is 0 Å². The third kappa shape index (κ3) is 4.44. The number of aliphatic hydroxyl groups is 1. The van der Waals surface area contributed by atoms with Gasteiger partial charge in [0.05, 0.1) is 11.5 Å². The molecule has 2 heterocycles. The first kappa shape index (κ1) is 20.1. The van der Waals surface area contributed by atoms with E-state index in [1.54, 1.807) is 4.90 Å². The zero-order valence-corrected chi connectivity index (χ0v) is 17.1. The Morgan fingerprint density at radius 3 is 2.22 bits per heavy atom. The highest BCUT2D eigenvalue weighted by atomic mass is 79.9. The second kappa shape index (κ2) is 8.16. The largest absolute Gasteiger partial charge is 0.465 e. The van der Waals surface area contributed by atoms with Crippen LogP contribution in [0.3, 0.4) is 0 Å². The van der Waals surface area contributed by atoms with Gasteiger partial charge in [0, 0.05) is 43.7 Å². The number of benzene rings is 1. The van der Waals surface area contributed by atoms with Crippen molar-refractivity contribution in [3.63, 3.8) is 0 Å². The van der Waals surface area contributed by atoms with Gasteiger partial charge < -0.3 is 24.9 Å². The molecule has 2 fully saturated rings. The highest BCUT2D eigenvalue weighted by Gasteiger charge is 2.46. The first-order chi connectivity index (χ1) is 12.8. The number of carboxylic acid groups (broad SMARTS) is 1. The van der Waals surface area contributed by atoms with Crippen LogP contribution in [0.4, 0.5) is 4.79 Å². The lowest BCUT2D eigenvalue weighted by Crippen LogP contribution is -2.56. The summed E-state index contributed by atoms with van der Waals surface area (Å²) < 4.78 is 0.866. The summed E-state index contributed by atoms with van der Waals surface area (Å²) in [5.41, 5.74) is -0.309. The number of piperidine rings is 1. The van der Waals surface area contributed by atoms with E-state index >= 15 is 0 Å². The van der Waals surface area contributed by atoms with E-state index in [-0.39, 0.29) is 5.91 Å². The molecule has 1 aromatic carbocycles. The molecular formula is C19H26BrN3O4. The Labute approximate surface area is 167 Å². The lowest BCUT2D eigenvalue weighted by molar-refractivity contribution is -0.144. The Hall–Kier alpha value is -1.64. The lowest BCUT2D eigenvalue weighted by Gasteiger charge is -2.44. The van der Waals surface area contributed by atoms with E-state index in [2.05, 4.69) is 20.8 Å². The number of rotatable bonds is 3. The molecule has 0 aromatic heterocycles. The molecule has 0 radical (unpaired) electrons. The topological polar surface area (TPSA) is 84.3 Å². The molecule has 2 aliphatic rings. The van der Waals surface area contributed by atoms with Gasteiger partial charge in [-0.25, -0.2) is 4.79 Å². The minimum atomic E-state index is -1.10. The van der Waals surface area contributed by atoms with E-state index in [0.29, 0.717) is 39.0 Å². The summed E-state index contributed by atoms with van der Waals surface area (Å²) in [6.07, 6.45) is 0.0998. The van der Waals surface area contributed by atoms with Crippen LogP contribution < -0.4 is 0 Å². The molecule has 0 bridgehead atoms. The average molecular weight is 440 g/mol. The summed E-state index contributed by atoms with van der Waals surface area (Å²) in [5.74, 6) is -0.773. The number of hydrogen-bond donors (Lipinski definition) is 2. The predicted molar refractivity (Wildman–Crippen MR) is 105 cm³/mol. The molecule has 27 heavy (non-hydrogen) atoms. The van der Waals surface area contributed by atoms with E-state index in [9.17, 15) is 14.7 Å². The van der Waals surface area contributed by atoms with E-state index in [0.717, 1.165) is 23.1 Å². The van der Waals surface area contributed by atoms with Crippen LogP contribution >= 0.6 is 15.9 Å². The number of halogens is 1. The van der Waals surface area contributed by atoms with Gasteiger partial charge in [0.15, 0.2) is 0 Å². The van der Waals surface area contributed by atoms with Gasteiger partial charge in [-0.2, -0.15) is 0 Å². The van der Waals surface area contributed by atoms with Crippen molar-refractivity contribution in [3.05, 3.63) is 34.3 Å². The second-order valence-corrected chi connectivity index (χ2v) is 8.41. The molecule has 3 rings (SSSR count). The van der Waals surface area contributed by atoms with Gasteiger partial charge >= 0.3 is 6.09 Å². The van der Waals surface area contributed by atoms with Crippen LogP contribution in [-0.2, 0) is 4.79 Å². The molecule has 7 nitrogen and oxygen atoms in total. The SMILES string of the molecule is CN1CCC(O)(C(C(=O)N2CCN(C(=O)O)CC2)c2cccc(Br)c2)CC1. The van der Waals surface area contributed by atoms with Crippen LogP contribution in [0.25, 0.3) is 0 Å². The summed E-state index contributed by atoms with van der Waals surface area (Å²) >= 11 is 3.46. The summed E-state index contributed by atoms with van der Waals surface area (Å²) in [5, 5.41) is 20.6. The summed E-state index contributed by atoms with van der Waals surface area (Å²) in [4.78, 5) is 29.7. The van der Waals surface area contributed by atoms with Crippen molar-refractivity contribution in [1.29, 1.82) is 0 Å². The summed E-state index contributed by atoms with van der Waals surface area (Å²) in [6, 6.07) is 7.55. The zero-order chi connectivity index (χ0) is 19.6. The molecule has 1 unspecified atom stereocenters. The van der Waals surface area contributed by atoms with Gasteiger partial charge in [-0.05, 0) is 37.6 Å². The van der Waals surface area contributed by atoms with Crippen LogP contribution in [0.15, 0.2) is 28.7 Å². The van der Waals surface area contributed by atoms with Crippen molar-refractivity contribution in [3.8, 4) is 0 Å². The molecule has 8 heteroatoms. The van der Waals surface area contributed by atoms with Crippen molar-refractivity contribution in [2.45, 2.75) is 24.4 Å². The number of carbonyl (C=O) groups excluding carboxylic acids is 1. The number of carbonyl (C=O) groups is 2. The number of nitrogens with zero attached hydrogens (tertiary/aromatic N) is 3. The molecule has 1 atom stereocenters. The molecule has 148 valence electrons. The van der Waals surface area contributed by atoms with E-state index in [1.807, 2.05) is 31.3 Å². The Kier molecular flexibility index (Phi) is 6.08. The maximum atomic E-state index is 13.4. The third-order valence-corrected chi connectivity index (χ3v) is 6.17. The Balaban J connectivity index is 1.86. The number of likely N-dealkylation sites (tertiary alicyclic amines) is 1. The molecule has 0 saturated carbocycles. The fourth-order valence-corrected chi connectivity index (χ4v) is 4.38. The molecule has 0 spiro atoms. The van der Waals surface area contributed by atoms with Gasteiger partial charge in [-0.3, -0.25) is 4.79 Å². The van der Waals surface area contributed by atoms with Crippen LogP contribution in [0, 0.1) is 0 Å². The van der Waals surface area contributed by atoms with Crippen LogP contribution in [0.5, 0.6) is 0 Å². The predicted octanol–water partition coefficient (Wildman–Crippen LogP) is 1.81.